The fourth-order valence-corrected chi connectivity index (χ4v) is 7.18. The molecule has 45 heavy (non-hydrogen) atoms. The summed E-state index contributed by atoms with van der Waals surface area (Å²) in [6, 6.07) is 27.1. The molecule has 1 N–H and O–H groups in total. The van der Waals surface area contributed by atoms with Crippen LogP contribution in [0.25, 0.3) is 5.76 Å². The van der Waals surface area contributed by atoms with Crippen LogP contribution in [-0.2, 0) is 15.3 Å². The van der Waals surface area contributed by atoms with Gasteiger partial charge in [-0.05, 0) is 71.8 Å². The second-order valence-electron chi connectivity index (χ2n) is 9.76. The summed E-state index contributed by atoms with van der Waals surface area (Å²) in [7, 11) is 1.53. The van der Waals surface area contributed by atoms with Crippen LogP contribution in [0.2, 0.25) is 10.0 Å². The number of hydrogen-bond acceptors (Lipinski definition) is 9. The smallest absolute Gasteiger partial charge is 0.301 e. The first-order valence-corrected chi connectivity index (χ1v) is 16.1. The Balaban J connectivity index is 1.39. The molecule has 0 bridgehead atoms. The van der Waals surface area contributed by atoms with E-state index in [9.17, 15) is 14.7 Å². The third kappa shape index (κ3) is 6.55. The lowest BCUT2D eigenvalue weighted by molar-refractivity contribution is -0.132. The van der Waals surface area contributed by atoms with Crippen LogP contribution < -0.4 is 14.4 Å². The fraction of sp³-hybridized carbons (Fsp3) is 0.0909. The molecule has 8 nitrogen and oxygen atoms in total. The summed E-state index contributed by atoms with van der Waals surface area (Å²) in [6.45, 7) is 0. The summed E-state index contributed by atoms with van der Waals surface area (Å²) in [5, 5.41) is 21.3. The van der Waals surface area contributed by atoms with Crippen LogP contribution in [-0.4, -0.2) is 34.1 Å². The van der Waals surface area contributed by atoms with E-state index in [-0.39, 0.29) is 16.5 Å². The lowest BCUT2D eigenvalue weighted by atomic mass is 9.95. The Kier molecular flexibility index (Phi) is 9.09. The monoisotopic (exact) mass is 675 g/mol. The number of aliphatic hydroxyl groups is 1. The van der Waals surface area contributed by atoms with E-state index in [1.54, 1.807) is 60.7 Å². The summed E-state index contributed by atoms with van der Waals surface area (Å²) < 4.78 is 11.8. The van der Waals surface area contributed by atoms with Crippen LogP contribution in [0.4, 0.5) is 5.13 Å². The number of carbonyl (C=O) groups is 2. The van der Waals surface area contributed by atoms with Gasteiger partial charge in [0.25, 0.3) is 5.78 Å². The zero-order valence-electron chi connectivity index (χ0n) is 23.5. The highest BCUT2D eigenvalue weighted by molar-refractivity contribution is 8.00. The molecule has 6 rings (SSSR count). The molecule has 1 amide bonds. The van der Waals surface area contributed by atoms with Crippen LogP contribution in [0.3, 0.4) is 0 Å². The van der Waals surface area contributed by atoms with Crippen molar-refractivity contribution in [2.75, 3.05) is 12.0 Å². The number of benzene rings is 4. The maximum Gasteiger partial charge on any atom is 0.301 e. The average Bonchev–Trinajstić information content (AvgIpc) is 3.62. The van der Waals surface area contributed by atoms with Crippen molar-refractivity contribution >= 4 is 68.9 Å². The first-order chi connectivity index (χ1) is 21.8. The number of aromatic nitrogens is 2. The van der Waals surface area contributed by atoms with Crippen molar-refractivity contribution in [2.45, 2.75) is 16.1 Å². The van der Waals surface area contributed by atoms with Crippen LogP contribution in [0.1, 0.15) is 22.7 Å². The van der Waals surface area contributed by atoms with Crippen LogP contribution in [0.15, 0.2) is 107 Å². The highest BCUT2D eigenvalue weighted by atomic mass is 35.5. The van der Waals surface area contributed by atoms with Gasteiger partial charge < -0.3 is 14.6 Å². The van der Waals surface area contributed by atoms with Gasteiger partial charge in [0.05, 0.1) is 18.7 Å². The number of rotatable bonds is 9. The second-order valence-corrected chi connectivity index (χ2v) is 12.8. The molecule has 1 aliphatic heterocycles. The lowest BCUT2D eigenvalue weighted by Crippen LogP contribution is -2.29. The molecule has 2 heterocycles. The van der Waals surface area contributed by atoms with Gasteiger partial charge in [-0.2, -0.15) is 0 Å². The third-order valence-corrected chi connectivity index (χ3v) is 9.62. The predicted octanol–water partition coefficient (Wildman–Crippen LogP) is 8.56. The van der Waals surface area contributed by atoms with Crippen molar-refractivity contribution in [2.24, 2.45) is 0 Å². The number of anilines is 1. The van der Waals surface area contributed by atoms with Crippen molar-refractivity contribution in [1.29, 1.82) is 0 Å². The average molecular weight is 677 g/mol. The minimum Gasteiger partial charge on any atom is -0.507 e. The van der Waals surface area contributed by atoms with E-state index in [4.69, 9.17) is 32.7 Å². The highest BCUT2D eigenvalue weighted by Crippen LogP contribution is 2.45. The molecule has 1 saturated heterocycles. The molecule has 1 aliphatic rings. The number of ether oxygens (including phenoxy) is 2. The molecule has 0 radical (unpaired) electrons. The van der Waals surface area contributed by atoms with Gasteiger partial charge in [0.2, 0.25) is 5.13 Å². The molecule has 1 fully saturated rings. The first-order valence-electron chi connectivity index (χ1n) is 13.5. The van der Waals surface area contributed by atoms with Gasteiger partial charge >= 0.3 is 5.91 Å². The van der Waals surface area contributed by atoms with E-state index >= 15 is 0 Å². The maximum absolute atomic E-state index is 13.7. The van der Waals surface area contributed by atoms with Crippen LogP contribution in [0.5, 0.6) is 17.2 Å². The van der Waals surface area contributed by atoms with Gasteiger partial charge in [-0.25, -0.2) is 0 Å². The zero-order valence-corrected chi connectivity index (χ0v) is 26.7. The Hall–Kier alpha value is -4.35. The van der Waals surface area contributed by atoms with Crippen molar-refractivity contribution in [1.82, 2.24) is 10.2 Å². The number of ketones is 1. The predicted molar refractivity (Wildman–Crippen MR) is 177 cm³/mol. The number of hydrogen-bond donors (Lipinski definition) is 1. The Morgan fingerprint density at radius 2 is 1.67 bits per heavy atom. The van der Waals surface area contributed by atoms with Gasteiger partial charge in [0.1, 0.15) is 23.0 Å². The summed E-state index contributed by atoms with van der Waals surface area (Å²) >= 11 is 14.9. The molecule has 0 spiro atoms. The molecule has 1 atom stereocenters. The van der Waals surface area contributed by atoms with E-state index in [1.165, 1.54) is 23.8 Å². The van der Waals surface area contributed by atoms with Crippen molar-refractivity contribution in [3.05, 3.63) is 129 Å². The SMILES string of the molecule is COc1ccc(/C(O)=C2/C(=O)C(=O)N(c3nnc(SCc4ccc(Cl)cc4Cl)s3)C2c2cccc(Oc3ccccc3)c2)cc1. The normalized spacial score (nSPS) is 15.8. The van der Waals surface area contributed by atoms with E-state index in [2.05, 4.69) is 10.2 Å². The number of nitrogens with zero attached hydrogens (tertiary/aromatic N) is 3. The summed E-state index contributed by atoms with van der Waals surface area (Å²) in [4.78, 5) is 28.6. The largest absolute Gasteiger partial charge is 0.507 e. The number of carbonyl (C=O) groups excluding carboxylic acids is 2. The molecule has 4 aromatic carbocycles. The number of methoxy groups -OCH3 is 1. The van der Waals surface area contributed by atoms with Gasteiger partial charge in [0, 0.05) is 21.4 Å². The molecule has 1 unspecified atom stereocenters. The van der Waals surface area contributed by atoms with Crippen LogP contribution >= 0.6 is 46.3 Å². The fourth-order valence-electron chi connectivity index (χ4n) is 4.76. The van der Waals surface area contributed by atoms with Gasteiger partial charge in [0.15, 0.2) is 4.34 Å². The number of thioether (sulfide) groups is 1. The molecular weight excluding hydrogens is 653 g/mol. The topological polar surface area (TPSA) is 102 Å². The molecule has 226 valence electrons. The molecule has 5 aromatic rings. The van der Waals surface area contributed by atoms with Gasteiger partial charge in [-0.15, -0.1) is 10.2 Å². The number of Topliss-reactive ketones (excluding diaryl/α,β-unsaturated/α-hetero) is 1. The molecule has 0 aliphatic carbocycles. The van der Waals surface area contributed by atoms with Crippen molar-refractivity contribution in [3.8, 4) is 17.2 Å². The Bertz CT molecular complexity index is 1920. The van der Waals surface area contributed by atoms with E-state index in [0.717, 1.165) is 16.9 Å². The number of para-hydroxylation sites is 1. The van der Waals surface area contributed by atoms with Gasteiger partial charge in [-0.1, -0.05) is 82.7 Å². The Morgan fingerprint density at radius 1 is 0.911 bits per heavy atom. The van der Waals surface area contributed by atoms with E-state index in [1.807, 2.05) is 36.4 Å². The third-order valence-electron chi connectivity index (χ3n) is 6.93. The van der Waals surface area contributed by atoms with Crippen LogP contribution in [0, 0.1) is 0 Å². The van der Waals surface area contributed by atoms with E-state index in [0.29, 0.717) is 48.5 Å². The number of amides is 1. The number of aliphatic hydroxyl groups excluding tert-OH is 1. The van der Waals surface area contributed by atoms with Crippen molar-refractivity contribution in [3.63, 3.8) is 0 Å². The summed E-state index contributed by atoms with van der Waals surface area (Å²) in [5.41, 5.74) is 1.66. The van der Waals surface area contributed by atoms with Crippen molar-refractivity contribution < 1.29 is 24.2 Å². The highest BCUT2D eigenvalue weighted by Gasteiger charge is 2.48. The maximum atomic E-state index is 13.7. The second kappa shape index (κ2) is 13.3. The Morgan fingerprint density at radius 3 is 2.40 bits per heavy atom. The minimum atomic E-state index is -1.01. The first kappa shape index (κ1) is 30.7. The lowest BCUT2D eigenvalue weighted by Gasteiger charge is -2.23. The molecular formula is C33H23Cl2N3O5S2. The Labute approximate surface area is 276 Å². The minimum absolute atomic E-state index is 0.0839. The summed E-state index contributed by atoms with van der Waals surface area (Å²) in [6.07, 6.45) is 0. The van der Waals surface area contributed by atoms with Gasteiger partial charge in [-0.3, -0.25) is 14.5 Å². The quantitative estimate of drug-likeness (QED) is 0.0545. The standard InChI is InChI=1S/C33H23Cl2N3O5S2/c1-42-23-14-11-19(12-15-23)29(39)27-28(20-6-5-9-25(16-20)43-24-7-3-2-4-8-24)38(31(41)30(27)40)32-36-37-33(45-32)44-18-21-10-13-22(34)17-26(21)35/h2-17,28,39H,18H2,1H3/b29-27-. The molecule has 1 aromatic heterocycles. The van der Waals surface area contributed by atoms with E-state index < -0.39 is 17.7 Å². The zero-order chi connectivity index (χ0) is 31.5. The molecule has 12 heteroatoms. The molecule has 0 saturated carbocycles. The number of halogens is 2. The summed E-state index contributed by atoms with van der Waals surface area (Å²) in [5.74, 6) is 0.166.